The number of likely N-dealkylation sites (tertiary alicyclic amines) is 1. The summed E-state index contributed by atoms with van der Waals surface area (Å²) >= 11 is 0. The Morgan fingerprint density at radius 1 is 1.36 bits per heavy atom. The maximum atomic E-state index is 13.2. The summed E-state index contributed by atoms with van der Waals surface area (Å²) in [5.74, 6) is 0.868. The number of hydrogen-bond donors (Lipinski definition) is 0. The molecule has 3 rings (SSSR count). The largest absolute Gasteiger partial charge is 0.336 e. The summed E-state index contributed by atoms with van der Waals surface area (Å²) in [7, 11) is 2.00. The smallest absolute Gasteiger partial charge is 0.273 e. The predicted octanol–water partition coefficient (Wildman–Crippen LogP) is 4.48. The van der Waals surface area contributed by atoms with Gasteiger partial charge in [0.2, 0.25) is 0 Å². The number of aryl methyl sites for hydroxylation is 1. The fourth-order valence-electron chi connectivity index (χ4n) is 3.90. The molecule has 1 aromatic heterocycles. The molecule has 1 atom stereocenters. The highest BCUT2D eigenvalue weighted by atomic mass is 16.2. The van der Waals surface area contributed by atoms with Crippen molar-refractivity contribution < 1.29 is 4.79 Å². The van der Waals surface area contributed by atoms with Crippen molar-refractivity contribution in [2.45, 2.75) is 52.5 Å². The Morgan fingerprint density at radius 3 is 2.86 bits per heavy atom. The summed E-state index contributed by atoms with van der Waals surface area (Å²) < 4.78 is 0. The maximum Gasteiger partial charge on any atom is 0.273 e. The van der Waals surface area contributed by atoms with Crippen LogP contribution in [0.4, 0.5) is 0 Å². The van der Waals surface area contributed by atoms with E-state index in [1.54, 1.807) is 6.20 Å². The molecule has 2 aliphatic rings. The SMILES string of the molecule is C=C(/C=C1/N=C(CC)C(C)=CN1C)[C@@H]1CCCCN1C(=O)c1ncccc1C. The first-order valence-electron chi connectivity index (χ1n) is 10.0. The lowest BCUT2D eigenvalue weighted by molar-refractivity contribution is 0.0649. The molecule has 0 aliphatic carbocycles. The van der Waals surface area contributed by atoms with Gasteiger partial charge in [0.15, 0.2) is 0 Å². The summed E-state index contributed by atoms with van der Waals surface area (Å²) in [6.45, 7) is 11.2. The van der Waals surface area contributed by atoms with Crippen molar-refractivity contribution in [1.29, 1.82) is 0 Å². The van der Waals surface area contributed by atoms with Crippen LogP contribution in [0.5, 0.6) is 0 Å². The molecule has 0 bridgehead atoms. The van der Waals surface area contributed by atoms with Crippen LogP contribution < -0.4 is 0 Å². The monoisotopic (exact) mass is 378 g/mol. The molecule has 1 saturated heterocycles. The molecule has 0 spiro atoms. The number of carbonyl (C=O) groups excluding carboxylic acids is 1. The zero-order chi connectivity index (χ0) is 20.3. The molecule has 0 saturated carbocycles. The number of pyridine rings is 1. The highest BCUT2D eigenvalue weighted by molar-refractivity contribution is 6.00. The van der Waals surface area contributed by atoms with Crippen molar-refractivity contribution in [2.24, 2.45) is 4.99 Å². The third kappa shape index (κ3) is 4.08. The van der Waals surface area contributed by atoms with Gasteiger partial charge in [-0.05, 0) is 68.4 Å². The Morgan fingerprint density at radius 2 is 2.14 bits per heavy atom. The summed E-state index contributed by atoms with van der Waals surface area (Å²) in [6.07, 6.45) is 9.74. The van der Waals surface area contributed by atoms with Crippen LogP contribution in [0.3, 0.4) is 0 Å². The number of rotatable bonds is 4. The second kappa shape index (κ2) is 8.55. The summed E-state index contributed by atoms with van der Waals surface area (Å²) in [5.41, 5.74) is 4.65. The van der Waals surface area contributed by atoms with Crippen molar-refractivity contribution in [2.75, 3.05) is 13.6 Å². The van der Waals surface area contributed by atoms with Gasteiger partial charge in [0.05, 0.1) is 6.04 Å². The molecule has 28 heavy (non-hydrogen) atoms. The van der Waals surface area contributed by atoms with Gasteiger partial charge in [0, 0.05) is 31.7 Å². The summed E-state index contributed by atoms with van der Waals surface area (Å²) in [6, 6.07) is 3.78. The number of amides is 1. The Hall–Kier alpha value is -2.69. The minimum absolute atomic E-state index is 0.00663. The van der Waals surface area contributed by atoms with Gasteiger partial charge in [-0.1, -0.05) is 19.6 Å². The minimum atomic E-state index is -0.0177. The Bertz CT molecular complexity index is 865. The number of allylic oxidation sites excluding steroid dienone is 1. The van der Waals surface area contributed by atoms with Crippen LogP contribution in [0.2, 0.25) is 0 Å². The van der Waals surface area contributed by atoms with Crippen LogP contribution in [-0.2, 0) is 0 Å². The molecule has 5 nitrogen and oxygen atoms in total. The highest BCUT2D eigenvalue weighted by Gasteiger charge is 2.30. The standard InChI is InChI=1S/C23H30N4O/c1-6-19-18(4)15-26(5)21(25-19)14-17(3)20-11-7-8-13-27(20)23(28)22-16(2)10-9-12-24-22/h9-10,12,14-15,20H,3,6-8,11,13H2,1-2,4-5H3/b21-14-/t20-/m0/s1. The van der Waals surface area contributed by atoms with E-state index in [1.165, 1.54) is 5.57 Å². The lowest BCUT2D eigenvalue weighted by Crippen LogP contribution is -2.45. The number of carbonyl (C=O) groups is 1. The van der Waals surface area contributed by atoms with Gasteiger partial charge in [0.25, 0.3) is 5.91 Å². The number of piperidine rings is 1. The second-order valence-electron chi connectivity index (χ2n) is 7.59. The van der Waals surface area contributed by atoms with E-state index in [-0.39, 0.29) is 11.9 Å². The molecule has 1 fully saturated rings. The van der Waals surface area contributed by atoms with E-state index in [1.807, 2.05) is 42.0 Å². The molecule has 2 aliphatic heterocycles. The first-order valence-corrected chi connectivity index (χ1v) is 10.0. The number of hydrogen-bond acceptors (Lipinski definition) is 4. The first kappa shape index (κ1) is 20.1. The lowest BCUT2D eigenvalue weighted by Gasteiger charge is -2.36. The highest BCUT2D eigenvalue weighted by Crippen LogP contribution is 2.27. The Kier molecular flexibility index (Phi) is 6.12. The molecule has 0 aromatic carbocycles. The molecular weight excluding hydrogens is 348 g/mol. The van der Waals surface area contributed by atoms with Crippen LogP contribution in [-0.4, -0.2) is 46.0 Å². The number of aliphatic imine (C=N–C) groups is 1. The molecule has 1 amide bonds. The van der Waals surface area contributed by atoms with Crippen molar-refractivity contribution >= 4 is 11.6 Å². The molecule has 0 radical (unpaired) electrons. The van der Waals surface area contributed by atoms with Gasteiger partial charge in [-0.2, -0.15) is 0 Å². The molecule has 0 N–H and O–H groups in total. The Labute approximate surface area is 168 Å². The van der Waals surface area contributed by atoms with Gasteiger partial charge in [-0.25, -0.2) is 4.99 Å². The van der Waals surface area contributed by atoms with E-state index in [0.29, 0.717) is 5.69 Å². The van der Waals surface area contributed by atoms with Crippen molar-refractivity contribution in [3.05, 3.63) is 65.4 Å². The summed E-state index contributed by atoms with van der Waals surface area (Å²) in [4.78, 5) is 26.3. The van der Waals surface area contributed by atoms with Crippen molar-refractivity contribution in [3.8, 4) is 0 Å². The Balaban J connectivity index is 1.86. The van der Waals surface area contributed by atoms with E-state index in [9.17, 15) is 4.79 Å². The topological polar surface area (TPSA) is 48.8 Å². The molecule has 5 heteroatoms. The molecular formula is C23H30N4O. The molecule has 0 unspecified atom stereocenters. The van der Waals surface area contributed by atoms with Gasteiger partial charge >= 0.3 is 0 Å². The van der Waals surface area contributed by atoms with E-state index >= 15 is 0 Å². The van der Waals surface area contributed by atoms with Crippen LogP contribution in [0.25, 0.3) is 0 Å². The molecule has 1 aromatic rings. The van der Waals surface area contributed by atoms with Gasteiger partial charge in [0.1, 0.15) is 11.5 Å². The van der Waals surface area contributed by atoms with Crippen molar-refractivity contribution in [1.82, 2.24) is 14.8 Å². The maximum absolute atomic E-state index is 13.2. The minimum Gasteiger partial charge on any atom is -0.336 e. The third-order valence-corrected chi connectivity index (χ3v) is 5.51. The third-order valence-electron chi connectivity index (χ3n) is 5.51. The van der Waals surface area contributed by atoms with Crippen LogP contribution in [0.15, 0.2) is 59.1 Å². The lowest BCUT2D eigenvalue weighted by atomic mass is 9.94. The quantitative estimate of drug-likeness (QED) is 0.776. The van der Waals surface area contributed by atoms with E-state index in [0.717, 1.165) is 54.9 Å². The average molecular weight is 379 g/mol. The second-order valence-corrected chi connectivity index (χ2v) is 7.59. The van der Waals surface area contributed by atoms with Crippen LogP contribution in [0, 0.1) is 6.92 Å². The summed E-state index contributed by atoms with van der Waals surface area (Å²) in [5, 5.41) is 0. The fraction of sp³-hybridized carbons (Fsp3) is 0.435. The fourth-order valence-corrected chi connectivity index (χ4v) is 3.90. The first-order chi connectivity index (χ1) is 13.4. The van der Waals surface area contributed by atoms with Gasteiger partial charge in [-0.3, -0.25) is 9.78 Å². The normalized spacial score (nSPS) is 21.4. The van der Waals surface area contributed by atoms with Crippen LogP contribution >= 0.6 is 0 Å². The number of nitrogens with zero attached hydrogens (tertiary/aromatic N) is 4. The zero-order valence-corrected chi connectivity index (χ0v) is 17.4. The van der Waals surface area contributed by atoms with Gasteiger partial charge < -0.3 is 9.80 Å². The van der Waals surface area contributed by atoms with Gasteiger partial charge in [-0.15, -0.1) is 0 Å². The van der Waals surface area contributed by atoms with E-state index in [2.05, 4.69) is 31.6 Å². The predicted molar refractivity (Wildman–Crippen MR) is 114 cm³/mol. The molecule has 148 valence electrons. The number of aromatic nitrogens is 1. The molecule has 3 heterocycles. The van der Waals surface area contributed by atoms with Crippen molar-refractivity contribution in [3.63, 3.8) is 0 Å². The van der Waals surface area contributed by atoms with E-state index < -0.39 is 0 Å². The average Bonchev–Trinajstić information content (AvgIpc) is 2.69. The zero-order valence-electron chi connectivity index (χ0n) is 17.4. The van der Waals surface area contributed by atoms with Crippen LogP contribution in [0.1, 0.15) is 55.6 Å². The van der Waals surface area contributed by atoms with E-state index in [4.69, 9.17) is 4.99 Å².